The SMILES string of the molecule is CN1CCNCC1CCc1cccc2ccccc12. The minimum atomic E-state index is 0.674. The first-order chi connectivity index (χ1) is 9.34. The summed E-state index contributed by atoms with van der Waals surface area (Å²) < 4.78 is 0. The molecular formula is C17H22N2. The summed E-state index contributed by atoms with van der Waals surface area (Å²) in [6.45, 7) is 3.42. The predicted molar refractivity (Wildman–Crippen MR) is 81.6 cm³/mol. The van der Waals surface area contributed by atoms with E-state index in [-0.39, 0.29) is 0 Å². The van der Waals surface area contributed by atoms with Crippen LogP contribution in [-0.4, -0.2) is 37.6 Å². The molecule has 1 aliphatic rings. The molecule has 2 nitrogen and oxygen atoms in total. The summed E-state index contributed by atoms with van der Waals surface area (Å²) in [7, 11) is 2.24. The van der Waals surface area contributed by atoms with Crippen molar-refractivity contribution in [2.45, 2.75) is 18.9 Å². The van der Waals surface area contributed by atoms with Gasteiger partial charge in [-0.2, -0.15) is 0 Å². The van der Waals surface area contributed by atoms with Gasteiger partial charge in [0.05, 0.1) is 0 Å². The number of aryl methyl sites for hydroxylation is 1. The summed E-state index contributed by atoms with van der Waals surface area (Å²) in [6, 6.07) is 16.0. The third-order valence-corrected chi connectivity index (χ3v) is 4.27. The lowest BCUT2D eigenvalue weighted by Crippen LogP contribution is -2.49. The molecular weight excluding hydrogens is 232 g/mol. The number of rotatable bonds is 3. The molecule has 2 aromatic rings. The Morgan fingerprint density at radius 2 is 2.00 bits per heavy atom. The summed E-state index contributed by atoms with van der Waals surface area (Å²) in [6.07, 6.45) is 2.40. The van der Waals surface area contributed by atoms with E-state index < -0.39 is 0 Å². The van der Waals surface area contributed by atoms with Gasteiger partial charge in [0.25, 0.3) is 0 Å². The van der Waals surface area contributed by atoms with E-state index in [0.29, 0.717) is 6.04 Å². The molecule has 0 saturated carbocycles. The van der Waals surface area contributed by atoms with Crippen molar-refractivity contribution < 1.29 is 0 Å². The van der Waals surface area contributed by atoms with E-state index in [4.69, 9.17) is 0 Å². The van der Waals surface area contributed by atoms with Crippen LogP contribution in [-0.2, 0) is 6.42 Å². The van der Waals surface area contributed by atoms with Crippen LogP contribution in [0.15, 0.2) is 42.5 Å². The summed E-state index contributed by atoms with van der Waals surface area (Å²) in [5.41, 5.74) is 1.48. The van der Waals surface area contributed by atoms with Crippen LogP contribution in [0.5, 0.6) is 0 Å². The van der Waals surface area contributed by atoms with Crippen LogP contribution in [0.3, 0.4) is 0 Å². The van der Waals surface area contributed by atoms with Gasteiger partial charge in [0.1, 0.15) is 0 Å². The van der Waals surface area contributed by atoms with Crippen LogP contribution in [0.4, 0.5) is 0 Å². The molecule has 0 bridgehead atoms. The van der Waals surface area contributed by atoms with Crippen LogP contribution in [0.25, 0.3) is 10.8 Å². The standard InChI is InChI=1S/C17H22N2/c1-19-12-11-18-13-16(19)10-9-15-7-4-6-14-5-2-3-8-17(14)15/h2-8,16,18H,9-13H2,1H3. The van der Waals surface area contributed by atoms with Gasteiger partial charge in [0.15, 0.2) is 0 Å². The van der Waals surface area contributed by atoms with Gasteiger partial charge < -0.3 is 10.2 Å². The lowest BCUT2D eigenvalue weighted by molar-refractivity contribution is 0.191. The summed E-state index contributed by atoms with van der Waals surface area (Å²) in [5, 5.41) is 6.27. The van der Waals surface area contributed by atoms with Crippen LogP contribution in [0.2, 0.25) is 0 Å². The van der Waals surface area contributed by atoms with Crippen LogP contribution in [0.1, 0.15) is 12.0 Å². The smallest absolute Gasteiger partial charge is 0.0221 e. The highest BCUT2D eigenvalue weighted by Crippen LogP contribution is 2.21. The minimum absolute atomic E-state index is 0.674. The molecule has 2 aromatic carbocycles. The minimum Gasteiger partial charge on any atom is -0.314 e. The van der Waals surface area contributed by atoms with Gasteiger partial charge in [0.2, 0.25) is 0 Å². The quantitative estimate of drug-likeness (QED) is 0.906. The molecule has 0 radical (unpaired) electrons. The fourth-order valence-electron chi connectivity index (χ4n) is 3.02. The predicted octanol–water partition coefficient (Wildman–Crippen LogP) is 2.68. The molecule has 19 heavy (non-hydrogen) atoms. The van der Waals surface area contributed by atoms with Crippen molar-refractivity contribution in [2.24, 2.45) is 0 Å². The molecule has 100 valence electrons. The lowest BCUT2D eigenvalue weighted by atomic mass is 9.98. The maximum atomic E-state index is 3.50. The highest BCUT2D eigenvalue weighted by atomic mass is 15.2. The molecule has 0 spiro atoms. The normalized spacial score (nSPS) is 20.8. The summed E-state index contributed by atoms with van der Waals surface area (Å²) >= 11 is 0. The molecule has 1 saturated heterocycles. The van der Waals surface area contributed by atoms with Crippen LogP contribution in [0, 0.1) is 0 Å². The third-order valence-electron chi connectivity index (χ3n) is 4.27. The van der Waals surface area contributed by atoms with Crippen molar-refractivity contribution in [2.75, 3.05) is 26.7 Å². The Hall–Kier alpha value is -1.38. The second-order valence-corrected chi connectivity index (χ2v) is 5.52. The van der Waals surface area contributed by atoms with E-state index in [1.165, 1.54) is 29.3 Å². The molecule has 0 amide bonds. The lowest BCUT2D eigenvalue weighted by Gasteiger charge is -2.33. The number of hydrogen-bond donors (Lipinski definition) is 1. The van der Waals surface area contributed by atoms with Crippen LogP contribution < -0.4 is 5.32 Å². The molecule has 1 atom stereocenters. The topological polar surface area (TPSA) is 15.3 Å². The van der Waals surface area contributed by atoms with E-state index in [1.807, 2.05) is 0 Å². The van der Waals surface area contributed by atoms with E-state index in [2.05, 4.69) is 59.7 Å². The third kappa shape index (κ3) is 2.80. The second-order valence-electron chi connectivity index (χ2n) is 5.52. The average Bonchev–Trinajstić information content (AvgIpc) is 2.46. The number of nitrogens with zero attached hydrogens (tertiary/aromatic N) is 1. The summed E-state index contributed by atoms with van der Waals surface area (Å²) in [4.78, 5) is 2.49. The maximum Gasteiger partial charge on any atom is 0.0221 e. The number of benzene rings is 2. The first-order valence-corrected chi connectivity index (χ1v) is 7.22. The molecule has 1 unspecified atom stereocenters. The van der Waals surface area contributed by atoms with Gasteiger partial charge >= 0.3 is 0 Å². The van der Waals surface area contributed by atoms with Gasteiger partial charge in [0, 0.05) is 25.7 Å². The average molecular weight is 254 g/mol. The number of likely N-dealkylation sites (N-methyl/N-ethyl adjacent to an activating group) is 1. The van der Waals surface area contributed by atoms with Gasteiger partial charge in [-0.15, -0.1) is 0 Å². The Morgan fingerprint density at radius 3 is 2.89 bits per heavy atom. The zero-order valence-electron chi connectivity index (χ0n) is 11.6. The van der Waals surface area contributed by atoms with Gasteiger partial charge in [-0.1, -0.05) is 42.5 Å². The largest absolute Gasteiger partial charge is 0.314 e. The Kier molecular flexibility index (Phi) is 3.81. The number of piperazine rings is 1. The van der Waals surface area contributed by atoms with Crippen molar-refractivity contribution >= 4 is 10.8 Å². The zero-order chi connectivity index (χ0) is 13.1. The molecule has 1 N–H and O–H groups in total. The highest BCUT2D eigenvalue weighted by molar-refractivity contribution is 5.85. The van der Waals surface area contributed by atoms with E-state index in [1.54, 1.807) is 0 Å². The fraction of sp³-hybridized carbons (Fsp3) is 0.412. The Balaban J connectivity index is 1.74. The van der Waals surface area contributed by atoms with Crippen molar-refractivity contribution in [3.63, 3.8) is 0 Å². The molecule has 1 fully saturated rings. The van der Waals surface area contributed by atoms with Crippen LogP contribution >= 0.6 is 0 Å². The second kappa shape index (κ2) is 5.72. The number of nitrogens with one attached hydrogen (secondary N) is 1. The van der Waals surface area contributed by atoms with E-state index in [9.17, 15) is 0 Å². The number of hydrogen-bond acceptors (Lipinski definition) is 2. The van der Waals surface area contributed by atoms with E-state index >= 15 is 0 Å². The molecule has 0 aromatic heterocycles. The van der Waals surface area contributed by atoms with E-state index in [0.717, 1.165) is 19.5 Å². The maximum absolute atomic E-state index is 3.50. The van der Waals surface area contributed by atoms with Crippen molar-refractivity contribution in [1.82, 2.24) is 10.2 Å². The Morgan fingerprint density at radius 1 is 1.16 bits per heavy atom. The van der Waals surface area contributed by atoms with Gasteiger partial charge in [-0.05, 0) is 36.2 Å². The molecule has 3 rings (SSSR count). The monoisotopic (exact) mass is 254 g/mol. The van der Waals surface area contributed by atoms with Crippen molar-refractivity contribution in [3.05, 3.63) is 48.0 Å². The number of fused-ring (bicyclic) bond motifs is 1. The zero-order valence-corrected chi connectivity index (χ0v) is 11.6. The van der Waals surface area contributed by atoms with Gasteiger partial charge in [-0.25, -0.2) is 0 Å². The highest BCUT2D eigenvalue weighted by Gasteiger charge is 2.18. The van der Waals surface area contributed by atoms with Crippen molar-refractivity contribution in [3.8, 4) is 0 Å². The first kappa shape index (κ1) is 12.6. The first-order valence-electron chi connectivity index (χ1n) is 7.22. The Labute approximate surface area is 115 Å². The van der Waals surface area contributed by atoms with Crippen molar-refractivity contribution in [1.29, 1.82) is 0 Å². The van der Waals surface area contributed by atoms with Gasteiger partial charge in [-0.3, -0.25) is 0 Å². The molecule has 1 heterocycles. The molecule has 2 heteroatoms. The molecule has 0 aliphatic carbocycles. The Bertz CT molecular complexity index is 544. The fourth-order valence-corrected chi connectivity index (χ4v) is 3.02. The molecule has 1 aliphatic heterocycles. The summed E-state index contributed by atoms with van der Waals surface area (Å²) in [5.74, 6) is 0.